The minimum Gasteiger partial charge on any atom is -0.497 e. The van der Waals surface area contributed by atoms with E-state index in [1.54, 1.807) is 38.1 Å². The molecule has 1 aliphatic heterocycles. The summed E-state index contributed by atoms with van der Waals surface area (Å²) in [7, 11) is 2.88. The van der Waals surface area contributed by atoms with Crippen LogP contribution in [0.1, 0.15) is 51.7 Å². The van der Waals surface area contributed by atoms with E-state index < -0.39 is 30.3 Å². The smallest absolute Gasteiger partial charge is 0.308 e. The number of carbonyl (C=O) groups excluding carboxylic acids is 2. The van der Waals surface area contributed by atoms with Gasteiger partial charge in [0.25, 0.3) is 0 Å². The fourth-order valence-electron chi connectivity index (χ4n) is 3.71. The van der Waals surface area contributed by atoms with E-state index in [-0.39, 0.29) is 11.3 Å². The highest BCUT2D eigenvalue weighted by molar-refractivity contribution is 6.02. The fourth-order valence-corrected chi connectivity index (χ4v) is 3.71. The van der Waals surface area contributed by atoms with Crippen molar-refractivity contribution in [2.24, 2.45) is 0 Å². The summed E-state index contributed by atoms with van der Waals surface area (Å²) in [6.07, 6.45) is -3.04. The number of ether oxygens (including phenoxy) is 4. The highest BCUT2D eigenvalue weighted by atomic mass is 16.7. The Morgan fingerprint density at radius 3 is 2.17 bits per heavy atom. The Kier molecular flexibility index (Phi) is 6.12. The molecule has 8 nitrogen and oxygen atoms in total. The van der Waals surface area contributed by atoms with E-state index in [9.17, 15) is 19.8 Å². The Labute approximate surface area is 173 Å². The molecule has 160 valence electrons. The van der Waals surface area contributed by atoms with E-state index in [0.717, 1.165) is 0 Å². The summed E-state index contributed by atoms with van der Waals surface area (Å²) in [6.45, 7) is 4.75. The normalized spacial score (nSPS) is 20.3. The van der Waals surface area contributed by atoms with Gasteiger partial charge in [0.15, 0.2) is 18.4 Å². The molecule has 0 amide bonds. The van der Waals surface area contributed by atoms with E-state index in [0.29, 0.717) is 33.8 Å². The zero-order chi connectivity index (χ0) is 22.2. The summed E-state index contributed by atoms with van der Waals surface area (Å²) >= 11 is 0. The maximum atomic E-state index is 13.4. The molecule has 0 saturated carbocycles. The van der Waals surface area contributed by atoms with Crippen LogP contribution < -0.4 is 14.2 Å². The molecule has 3 rings (SSSR count). The number of fused-ring (bicyclic) bond motifs is 1. The van der Waals surface area contributed by atoms with Gasteiger partial charge in [-0.1, -0.05) is 0 Å². The first-order chi connectivity index (χ1) is 14.2. The van der Waals surface area contributed by atoms with Crippen LogP contribution in [0.3, 0.4) is 0 Å². The number of hydrogen-bond acceptors (Lipinski definition) is 8. The molecule has 0 fully saturated rings. The first-order valence-corrected chi connectivity index (χ1v) is 9.29. The average molecular weight is 416 g/mol. The topological polar surface area (TPSA) is 112 Å². The molecule has 3 unspecified atom stereocenters. The molecule has 2 aromatic rings. The van der Waals surface area contributed by atoms with Gasteiger partial charge < -0.3 is 29.2 Å². The Bertz CT molecular complexity index is 974. The molecule has 0 radical (unpaired) electrons. The van der Waals surface area contributed by atoms with Crippen molar-refractivity contribution < 1.29 is 38.7 Å². The van der Waals surface area contributed by atoms with Crippen LogP contribution >= 0.6 is 0 Å². The fraction of sp³-hybridized carbons (Fsp3) is 0.364. The standard InChI is InChI=1S/C22H24O8/c1-10-6-13(7-11(2)20(10)29-12(3)23)19(24)18-15-8-14(27-4)9-16(28-5)17(15)21(25)30-22(18)26/h6-9,18,21-22,25-26H,1-5H3. The SMILES string of the molecule is COc1cc(OC)c2c(c1)C(C(=O)c1cc(C)c(OC(C)=O)c(C)c1)C(O)OC2O. The second kappa shape index (κ2) is 8.43. The van der Waals surface area contributed by atoms with Crippen molar-refractivity contribution in [3.05, 3.63) is 52.1 Å². The Balaban J connectivity index is 2.11. The number of aryl methyl sites for hydroxylation is 2. The lowest BCUT2D eigenvalue weighted by atomic mass is 9.84. The van der Waals surface area contributed by atoms with Gasteiger partial charge in [-0.05, 0) is 48.7 Å². The zero-order valence-corrected chi connectivity index (χ0v) is 17.4. The molecule has 1 aliphatic rings. The van der Waals surface area contributed by atoms with Gasteiger partial charge in [-0.25, -0.2) is 0 Å². The lowest BCUT2D eigenvalue weighted by molar-refractivity contribution is -0.225. The number of methoxy groups -OCH3 is 2. The van der Waals surface area contributed by atoms with Gasteiger partial charge in [-0.3, -0.25) is 9.59 Å². The van der Waals surface area contributed by atoms with Gasteiger partial charge in [0.2, 0.25) is 0 Å². The van der Waals surface area contributed by atoms with Crippen molar-refractivity contribution in [3.63, 3.8) is 0 Å². The van der Waals surface area contributed by atoms with Crippen LogP contribution in [0.25, 0.3) is 0 Å². The molecule has 2 N–H and O–H groups in total. The number of esters is 1. The third kappa shape index (κ3) is 3.89. The predicted octanol–water partition coefficient (Wildman–Crippen LogP) is 2.55. The summed E-state index contributed by atoms with van der Waals surface area (Å²) in [5.74, 6) is -0.934. The van der Waals surface area contributed by atoms with E-state index in [2.05, 4.69) is 0 Å². The molecule has 0 bridgehead atoms. The van der Waals surface area contributed by atoms with Gasteiger partial charge in [0.05, 0.1) is 25.7 Å². The van der Waals surface area contributed by atoms with Crippen molar-refractivity contribution >= 4 is 11.8 Å². The van der Waals surface area contributed by atoms with Crippen molar-refractivity contribution in [1.82, 2.24) is 0 Å². The van der Waals surface area contributed by atoms with E-state index in [1.807, 2.05) is 0 Å². The molecule has 0 aliphatic carbocycles. The van der Waals surface area contributed by atoms with Crippen molar-refractivity contribution in [1.29, 1.82) is 0 Å². The number of Topliss-reactive ketones (excluding diaryl/α,β-unsaturated/α-hetero) is 1. The molecular formula is C22H24O8. The largest absolute Gasteiger partial charge is 0.497 e. The zero-order valence-electron chi connectivity index (χ0n) is 17.4. The quantitative estimate of drug-likeness (QED) is 0.435. The van der Waals surface area contributed by atoms with Crippen molar-refractivity contribution in [2.75, 3.05) is 14.2 Å². The Morgan fingerprint density at radius 1 is 1.00 bits per heavy atom. The molecule has 8 heteroatoms. The van der Waals surface area contributed by atoms with Crippen LogP contribution in [0.15, 0.2) is 24.3 Å². The molecule has 0 aromatic heterocycles. The van der Waals surface area contributed by atoms with Crippen LogP contribution in [-0.4, -0.2) is 42.5 Å². The van der Waals surface area contributed by atoms with Gasteiger partial charge in [-0.2, -0.15) is 0 Å². The Morgan fingerprint density at radius 2 is 1.63 bits per heavy atom. The maximum absolute atomic E-state index is 13.4. The minimum absolute atomic E-state index is 0.256. The third-order valence-corrected chi connectivity index (χ3v) is 5.01. The molecule has 30 heavy (non-hydrogen) atoms. The minimum atomic E-state index is -1.58. The van der Waals surface area contributed by atoms with Crippen LogP contribution in [0.2, 0.25) is 0 Å². The maximum Gasteiger partial charge on any atom is 0.308 e. The molecular weight excluding hydrogens is 392 g/mol. The van der Waals surface area contributed by atoms with Gasteiger partial charge in [-0.15, -0.1) is 0 Å². The third-order valence-electron chi connectivity index (χ3n) is 5.01. The first-order valence-electron chi connectivity index (χ1n) is 9.29. The average Bonchev–Trinajstić information content (AvgIpc) is 2.69. The number of carbonyl (C=O) groups is 2. The number of aliphatic hydroxyl groups is 2. The highest BCUT2D eigenvalue weighted by Gasteiger charge is 2.41. The molecule has 0 spiro atoms. The summed E-state index contributed by atoms with van der Waals surface area (Å²) in [5.41, 5.74) is 2.11. The molecule has 1 heterocycles. The highest BCUT2D eigenvalue weighted by Crippen LogP contribution is 2.44. The molecule has 0 saturated heterocycles. The van der Waals surface area contributed by atoms with Crippen LogP contribution in [-0.2, 0) is 9.53 Å². The lowest BCUT2D eigenvalue weighted by Crippen LogP contribution is -2.35. The van der Waals surface area contributed by atoms with Crippen molar-refractivity contribution in [2.45, 2.75) is 39.3 Å². The lowest BCUT2D eigenvalue weighted by Gasteiger charge is -2.34. The summed E-state index contributed by atoms with van der Waals surface area (Å²) in [6, 6.07) is 6.31. The van der Waals surface area contributed by atoms with E-state index in [1.165, 1.54) is 21.1 Å². The van der Waals surface area contributed by atoms with Gasteiger partial charge in [0, 0.05) is 18.6 Å². The van der Waals surface area contributed by atoms with Crippen LogP contribution in [0.4, 0.5) is 0 Å². The first kappa shape index (κ1) is 21.8. The second-order valence-electron chi connectivity index (χ2n) is 7.09. The van der Waals surface area contributed by atoms with Crippen LogP contribution in [0.5, 0.6) is 17.2 Å². The number of rotatable bonds is 5. The summed E-state index contributed by atoms with van der Waals surface area (Å²) in [5, 5.41) is 20.8. The van der Waals surface area contributed by atoms with Gasteiger partial charge >= 0.3 is 5.97 Å². The number of benzene rings is 2. The van der Waals surface area contributed by atoms with Crippen molar-refractivity contribution in [3.8, 4) is 17.2 Å². The summed E-state index contributed by atoms with van der Waals surface area (Å²) < 4.78 is 21.0. The molecule has 2 aromatic carbocycles. The second-order valence-corrected chi connectivity index (χ2v) is 7.09. The summed E-state index contributed by atoms with van der Waals surface area (Å²) in [4.78, 5) is 24.7. The van der Waals surface area contributed by atoms with Crippen LogP contribution in [0, 0.1) is 13.8 Å². The van der Waals surface area contributed by atoms with Gasteiger partial charge in [0.1, 0.15) is 17.2 Å². The number of ketones is 1. The number of hydrogen-bond donors (Lipinski definition) is 2. The number of aliphatic hydroxyl groups excluding tert-OH is 2. The monoisotopic (exact) mass is 416 g/mol. The van der Waals surface area contributed by atoms with E-state index in [4.69, 9.17) is 18.9 Å². The Hall–Kier alpha value is -2.94. The predicted molar refractivity (Wildman–Crippen MR) is 106 cm³/mol. The van der Waals surface area contributed by atoms with E-state index >= 15 is 0 Å². The molecule has 3 atom stereocenters.